The summed E-state index contributed by atoms with van der Waals surface area (Å²) in [4.78, 5) is 26.2. The monoisotopic (exact) mass is 455 g/mol. The molecule has 0 radical (unpaired) electrons. The number of hydrogen-bond donors (Lipinski definition) is 1. The molecule has 1 saturated heterocycles. The van der Waals surface area contributed by atoms with Crippen molar-refractivity contribution < 1.29 is 14.3 Å². The third kappa shape index (κ3) is 4.58. The van der Waals surface area contributed by atoms with Crippen molar-refractivity contribution in [3.8, 4) is 5.88 Å². The molecule has 1 saturated carbocycles. The second-order valence-corrected chi connectivity index (χ2v) is 9.07. The van der Waals surface area contributed by atoms with E-state index in [9.17, 15) is 4.79 Å². The lowest BCUT2D eigenvalue weighted by molar-refractivity contribution is 0.0120. The Balaban J connectivity index is 1.47. The van der Waals surface area contributed by atoms with Crippen LogP contribution in [0.5, 0.6) is 5.88 Å². The lowest BCUT2D eigenvalue weighted by atomic mass is 9.91. The fourth-order valence-corrected chi connectivity index (χ4v) is 4.23. The SMILES string of the molecule is [C-]#[N+]c1ccc(Nc2ncnc(OC3CCN(C(=O)OC(C)C)CC34CC4)c2C)c(Cl)c1. The summed E-state index contributed by atoms with van der Waals surface area (Å²) in [6.07, 6.45) is 3.81. The number of piperidine rings is 1. The highest BCUT2D eigenvalue weighted by Gasteiger charge is 2.55. The van der Waals surface area contributed by atoms with Crippen LogP contribution in [0.3, 0.4) is 0 Å². The van der Waals surface area contributed by atoms with Gasteiger partial charge < -0.3 is 19.7 Å². The number of rotatable bonds is 5. The summed E-state index contributed by atoms with van der Waals surface area (Å²) >= 11 is 6.30. The van der Waals surface area contributed by atoms with Crippen molar-refractivity contribution in [3.63, 3.8) is 0 Å². The van der Waals surface area contributed by atoms with Gasteiger partial charge in [-0.3, -0.25) is 0 Å². The number of benzene rings is 1. The maximum atomic E-state index is 12.3. The van der Waals surface area contributed by atoms with E-state index >= 15 is 0 Å². The summed E-state index contributed by atoms with van der Waals surface area (Å²) in [5.41, 5.74) is 1.86. The highest BCUT2D eigenvalue weighted by molar-refractivity contribution is 6.33. The van der Waals surface area contributed by atoms with Crippen LogP contribution in [0.1, 0.15) is 38.7 Å². The Labute approximate surface area is 192 Å². The number of anilines is 2. The van der Waals surface area contributed by atoms with Crippen LogP contribution >= 0.6 is 11.6 Å². The molecule has 1 aromatic heterocycles. The second-order valence-electron chi connectivity index (χ2n) is 8.66. The first-order valence-electron chi connectivity index (χ1n) is 10.7. The van der Waals surface area contributed by atoms with Gasteiger partial charge in [-0.25, -0.2) is 19.6 Å². The number of nitrogens with one attached hydrogen (secondary N) is 1. The highest BCUT2D eigenvalue weighted by atomic mass is 35.5. The van der Waals surface area contributed by atoms with Crippen molar-refractivity contribution in [2.45, 2.75) is 52.2 Å². The molecule has 1 aliphatic carbocycles. The average molecular weight is 456 g/mol. The predicted octanol–water partition coefficient (Wildman–Crippen LogP) is 5.51. The summed E-state index contributed by atoms with van der Waals surface area (Å²) in [6.45, 7) is 13.9. The van der Waals surface area contributed by atoms with Gasteiger partial charge in [-0.05, 0) is 45.7 Å². The summed E-state index contributed by atoms with van der Waals surface area (Å²) in [5, 5.41) is 3.65. The first-order chi connectivity index (χ1) is 15.3. The topological polar surface area (TPSA) is 80.9 Å². The van der Waals surface area contributed by atoms with Crippen LogP contribution in [0.15, 0.2) is 24.5 Å². The number of likely N-dealkylation sites (tertiary alicyclic amines) is 1. The zero-order valence-corrected chi connectivity index (χ0v) is 19.1. The summed E-state index contributed by atoms with van der Waals surface area (Å²) < 4.78 is 11.7. The van der Waals surface area contributed by atoms with Gasteiger partial charge in [0.2, 0.25) is 5.88 Å². The number of carbonyl (C=O) groups is 1. The summed E-state index contributed by atoms with van der Waals surface area (Å²) in [6, 6.07) is 5.06. The van der Waals surface area contributed by atoms with Crippen LogP contribution in [0.2, 0.25) is 5.02 Å². The molecule has 4 rings (SSSR count). The van der Waals surface area contributed by atoms with Gasteiger partial charge in [-0.15, -0.1) is 0 Å². The number of halogens is 1. The van der Waals surface area contributed by atoms with E-state index in [1.54, 1.807) is 23.1 Å². The van der Waals surface area contributed by atoms with E-state index in [2.05, 4.69) is 20.1 Å². The van der Waals surface area contributed by atoms with Crippen molar-refractivity contribution >= 4 is 34.9 Å². The molecular weight excluding hydrogens is 430 g/mol. The van der Waals surface area contributed by atoms with Crippen molar-refractivity contribution in [2.75, 3.05) is 18.4 Å². The van der Waals surface area contributed by atoms with Crippen LogP contribution in [0, 0.1) is 18.9 Å². The number of amides is 1. The quantitative estimate of drug-likeness (QED) is 0.598. The number of ether oxygens (including phenoxy) is 2. The minimum absolute atomic E-state index is 0.0198. The summed E-state index contributed by atoms with van der Waals surface area (Å²) in [7, 11) is 0. The number of carbonyl (C=O) groups excluding carboxylic acids is 1. The molecule has 32 heavy (non-hydrogen) atoms. The van der Waals surface area contributed by atoms with E-state index in [4.69, 9.17) is 27.6 Å². The van der Waals surface area contributed by atoms with E-state index < -0.39 is 0 Å². The Morgan fingerprint density at radius 2 is 2.16 bits per heavy atom. The highest BCUT2D eigenvalue weighted by Crippen LogP contribution is 2.53. The Bertz CT molecular complexity index is 1060. The molecule has 1 spiro atoms. The Morgan fingerprint density at radius 1 is 1.38 bits per heavy atom. The molecule has 2 heterocycles. The minimum Gasteiger partial charge on any atom is -0.473 e. The van der Waals surface area contributed by atoms with E-state index in [-0.39, 0.29) is 23.7 Å². The molecule has 1 amide bonds. The van der Waals surface area contributed by atoms with Crippen molar-refractivity contribution in [3.05, 3.63) is 46.5 Å². The van der Waals surface area contributed by atoms with E-state index in [0.29, 0.717) is 41.2 Å². The van der Waals surface area contributed by atoms with Gasteiger partial charge in [0.25, 0.3) is 0 Å². The van der Waals surface area contributed by atoms with Gasteiger partial charge in [-0.1, -0.05) is 17.7 Å². The average Bonchev–Trinajstić information content (AvgIpc) is 3.52. The lowest BCUT2D eigenvalue weighted by Crippen LogP contribution is -2.49. The molecule has 168 valence electrons. The molecular formula is C23H26ClN5O3. The lowest BCUT2D eigenvalue weighted by Gasteiger charge is -2.38. The molecule has 2 fully saturated rings. The second kappa shape index (κ2) is 8.83. The number of nitrogens with zero attached hydrogens (tertiary/aromatic N) is 4. The van der Waals surface area contributed by atoms with Gasteiger partial charge in [0.15, 0.2) is 5.69 Å². The van der Waals surface area contributed by atoms with Crippen LogP contribution in [-0.2, 0) is 4.74 Å². The molecule has 2 aliphatic rings. The van der Waals surface area contributed by atoms with E-state index in [1.165, 1.54) is 6.33 Å². The van der Waals surface area contributed by atoms with E-state index in [1.807, 2.05) is 20.8 Å². The summed E-state index contributed by atoms with van der Waals surface area (Å²) in [5.74, 6) is 1.11. The smallest absolute Gasteiger partial charge is 0.410 e. The third-order valence-electron chi connectivity index (χ3n) is 5.96. The minimum atomic E-state index is -0.254. The van der Waals surface area contributed by atoms with Crippen LogP contribution in [-0.4, -0.2) is 46.3 Å². The predicted molar refractivity (Wildman–Crippen MR) is 122 cm³/mol. The fraction of sp³-hybridized carbons (Fsp3) is 0.478. The van der Waals surface area contributed by atoms with Gasteiger partial charge in [-0.2, -0.15) is 0 Å². The fourth-order valence-electron chi connectivity index (χ4n) is 4.01. The Morgan fingerprint density at radius 3 is 2.81 bits per heavy atom. The van der Waals surface area contributed by atoms with Gasteiger partial charge in [0, 0.05) is 24.9 Å². The molecule has 1 unspecified atom stereocenters. The Hall–Kier alpha value is -3.05. The van der Waals surface area contributed by atoms with Crippen LogP contribution < -0.4 is 10.1 Å². The largest absolute Gasteiger partial charge is 0.473 e. The molecule has 0 bridgehead atoms. The molecule has 9 heteroatoms. The zero-order valence-electron chi connectivity index (χ0n) is 18.4. The molecule has 1 atom stereocenters. The standard InChI is InChI=1S/C23H26ClN5O3/c1-14(2)31-22(30)29-10-7-19(23(12-29)8-9-23)32-21-15(3)20(26-13-27-21)28-18-6-5-16(25-4)11-17(18)24/h5-6,11,13-14,19H,7-10,12H2,1-3H3,(H,26,27,28). The van der Waals surface area contributed by atoms with Gasteiger partial charge in [0.1, 0.15) is 18.2 Å². The number of hydrogen-bond acceptors (Lipinski definition) is 6. The first kappa shape index (κ1) is 22.2. The van der Waals surface area contributed by atoms with Crippen molar-refractivity contribution in [2.24, 2.45) is 5.41 Å². The van der Waals surface area contributed by atoms with Crippen molar-refractivity contribution in [1.82, 2.24) is 14.9 Å². The maximum Gasteiger partial charge on any atom is 0.410 e. The van der Waals surface area contributed by atoms with Gasteiger partial charge >= 0.3 is 6.09 Å². The van der Waals surface area contributed by atoms with Gasteiger partial charge in [0.05, 0.1) is 28.9 Å². The normalized spacial score (nSPS) is 18.9. The van der Waals surface area contributed by atoms with Crippen LogP contribution in [0.4, 0.5) is 22.0 Å². The molecule has 8 nitrogen and oxygen atoms in total. The van der Waals surface area contributed by atoms with E-state index in [0.717, 1.165) is 24.8 Å². The molecule has 1 N–H and O–H groups in total. The third-order valence-corrected chi connectivity index (χ3v) is 6.28. The van der Waals surface area contributed by atoms with Crippen LogP contribution in [0.25, 0.3) is 4.85 Å². The first-order valence-corrected chi connectivity index (χ1v) is 11.1. The molecule has 1 aliphatic heterocycles. The maximum absolute atomic E-state index is 12.3. The molecule has 1 aromatic carbocycles. The Kier molecular flexibility index (Phi) is 6.11. The zero-order chi connectivity index (χ0) is 22.9. The number of aromatic nitrogens is 2. The molecule has 2 aromatic rings. The van der Waals surface area contributed by atoms with Crippen molar-refractivity contribution in [1.29, 1.82) is 0 Å².